The van der Waals surface area contributed by atoms with Crippen LogP contribution in [0.25, 0.3) is 0 Å². The number of aromatic nitrogens is 2. The van der Waals surface area contributed by atoms with Crippen molar-refractivity contribution >= 4 is 0 Å². The number of imidazole rings is 1. The lowest BCUT2D eigenvalue weighted by Gasteiger charge is -2.22. The number of hydrogen-bond acceptors (Lipinski definition) is 2. The maximum Gasteiger partial charge on any atom is 0.108 e. The van der Waals surface area contributed by atoms with Gasteiger partial charge in [0.25, 0.3) is 0 Å². The smallest absolute Gasteiger partial charge is 0.108 e. The summed E-state index contributed by atoms with van der Waals surface area (Å²) in [6.45, 7) is 7.97. The molecule has 1 aliphatic rings. The minimum atomic E-state index is 0.695. The standard InChI is InChI=1S/C13H23N3/c1-11(2)10-16-8-7-15-13(16)9-12-3-5-14-6-4-12/h7-8,11-12,14H,3-6,9-10H2,1-2H3. The van der Waals surface area contributed by atoms with Gasteiger partial charge in [0.05, 0.1) is 0 Å². The Kier molecular flexibility index (Phi) is 3.99. The molecular weight excluding hydrogens is 198 g/mol. The van der Waals surface area contributed by atoms with E-state index in [0.29, 0.717) is 5.92 Å². The van der Waals surface area contributed by atoms with E-state index >= 15 is 0 Å². The summed E-state index contributed by atoms with van der Waals surface area (Å²) in [5.74, 6) is 2.80. The van der Waals surface area contributed by atoms with Gasteiger partial charge < -0.3 is 9.88 Å². The van der Waals surface area contributed by atoms with Gasteiger partial charge in [0.2, 0.25) is 0 Å². The quantitative estimate of drug-likeness (QED) is 0.843. The summed E-state index contributed by atoms with van der Waals surface area (Å²) in [6, 6.07) is 0. The molecule has 1 N–H and O–H groups in total. The van der Waals surface area contributed by atoms with Crippen LogP contribution in [0, 0.1) is 11.8 Å². The topological polar surface area (TPSA) is 29.9 Å². The molecule has 0 spiro atoms. The van der Waals surface area contributed by atoms with E-state index in [2.05, 4.69) is 34.9 Å². The van der Waals surface area contributed by atoms with E-state index in [4.69, 9.17) is 0 Å². The highest BCUT2D eigenvalue weighted by Crippen LogP contribution is 2.17. The molecule has 2 heterocycles. The monoisotopic (exact) mass is 221 g/mol. The van der Waals surface area contributed by atoms with Crippen LogP contribution in [0.4, 0.5) is 0 Å². The molecule has 0 bridgehead atoms. The Morgan fingerprint density at radius 3 is 2.88 bits per heavy atom. The normalized spacial score (nSPS) is 18.2. The highest BCUT2D eigenvalue weighted by Gasteiger charge is 2.16. The fraction of sp³-hybridized carbons (Fsp3) is 0.769. The predicted molar refractivity (Wildman–Crippen MR) is 66.4 cm³/mol. The zero-order chi connectivity index (χ0) is 11.4. The van der Waals surface area contributed by atoms with Crippen molar-refractivity contribution in [1.29, 1.82) is 0 Å². The summed E-state index contributed by atoms with van der Waals surface area (Å²) in [4.78, 5) is 4.51. The van der Waals surface area contributed by atoms with Gasteiger partial charge in [-0.1, -0.05) is 13.8 Å². The van der Waals surface area contributed by atoms with Crippen molar-refractivity contribution in [3.05, 3.63) is 18.2 Å². The highest BCUT2D eigenvalue weighted by atomic mass is 15.1. The zero-order valence-electron chi connectivity index (χ0n) is 10.4. The SMILES string of the molecule is CC(C)Cn1ccnc1CC1CCNCC1. The molecule has 0 aromatic carbocycles. The maximum absolute atomic E-state index is 4.51. The third-order valence-electron chi connectivity index (χ3n) is 3.29. The van der Waals surface area contributed by atoms with E-state index in [1.54, 1.807) is 0 Å². The van der Waals surface area contributed by atoms with Gasteiger partial charge >= 0.3 is 0 Å². The number of nitrogens with zero attached hydrogens (tertiary/aromatic N) is 2. The zero-order valence-corrected chi connectivity index (χ0v) is 10.4. The average Bonchev–Trinajstić information content (AvgIpc) is 2.66. The van der Waals surface area contributed by atoms with E-state index in [0.717, 1.165) is 18.9 Å². The Balaban J connectivity index is 1.94. The highest BCUT2D eigenvalue weighted by molar-refractivity contribution is 4.95. The van der Waals surface area contributed by atoms with Crippen LogP contribution in [0.5, 0.6) is 0 Å². The third-order valence-corrected chi connectivity index (χ3v) is 3.29. The molecule has 0 atom stereocenters. The van der Waals surface area contributed by atoms with E-state index in [9.17, 15) is 0 Å². The van der Waals surface area contributed by atoms with Gasteiger partial charge in [0.15, 0.2) is 0 Å². The Bertz CT molecular complexity index is 311. The summed E-state index contributed by atoms with van der Waals surface area (Å²) in [6.07, 6.45) is 7.82. The molecule has 3 heteroatoms. The summed E-state index contributed by atoms with van der Waals surface area (Å²) >= 11 is 0. The second-order valence-corrected chi connectivity index (χ2v) is 5.29. The molecule has 0 radical (unpaired) electrons. The summed E-state index contributed by atoms with van der Waals surface area (Å²) in [5.41, 5.74) is 0. The van der Waals surface area contributed by atoms with Crippen LogP contribution in [0.15, 0.2) is 12.4 Å². The first-order valence-corrected chi connectivity index (χ1v) is 6.46. The second kappa shape index (κ2) is 5.48. The lowest BCUT2D eigenvalue weighted by molar-refractivity contribution is 0.359. The number of rotatable bonds is 4. The fourth-order valence-corrected chi connectivity index (χ4v) is 2.43. The number of piperidine rings is 1. The predicted octanol–water partition coefficient (Wildman–Crippen LogP) is 2.08. The van der Waals surface area contributed by atoms with Gasteiger partial charge in [-0.2, -0.15) is 0 Å². The molecule has 0 unspecified atom stereocenters. The van der Waals surface area contributed by atoms with E-state index < -0.39 is 0 Å². The van der Waals surface area contributed by atoms with Crippen molar-refractivity contribution in [3.8, 4) is 0 Å². The summed E-state index contributed by atoms with van der Waals surface area (Å²) in [7, 11) is 0. The first-order chi connectivity index (χ1) is 7.75. The van der Waals surface area contributed by atoms with Crippen molar-refractivity contribution in [1.82, 2.24) is 14.9 Å². The van der Waals surface area contributed by atoms with Gasteiger partial charge in [-0.15, -0.1) is 0 Å². The molecule has 2 rings (SSSR count). The first kappa shape index (κ1) is 11.6. The molecule has 1 aromatic rings. The van der Waals surface area contributed by atoms with Crippen LogP contribution in [-0.4, -0.2) is 22.6 Å². The molecule has 1 fully saturated rings. The van der Waals surface area contributed by atoms with Crippen molar-refractivity contribution in [2.24, 2.45) is 11.8 Å². The lowest BCUT2D eigenvalue weighted by Crippen LogP contribution is -2.29. The summed E-state index contributed by atoms with van der Waals surface area (Å²) < 4.78 is 2.33. The second-order valence-electron chi connectivity index (χ2n) is 5.29. The molecule has 90 valence electrons. The molecule has 16 heavy (non-hydrogen) atoms. The summed E-state index contributed by atoms with van der Waals surface area (Å²) in [5, 5.41) is 3.41. The van der Waals surface area contributed by atoms with E-state index in [1.807, 2.05) is 6.20 Å². The van der Waals surface area contributed by atoms with Gasteiger partial charge in [-0.25, -0.2) is 4.98 Å². The molecule has 0 aliphatic carbocycles. The van der Waals surface area contributed by atoms with Crippen LogP contribution in [0.2, 0.25) is 0 Å². The molecular formula is C13H23N3. The van der Waals surface area contributed by atoms with Gasteiger partial charge in [-0.3, -0.25) is 0 Å². The lowest BCUT2D eigenvalue weighted by atomic mass is 9.94. The Morgan fingerprint density at radius 2 is 2.19 bits per heavy atom. The van der Waals surface area contributed by atoms with Crippen LogP contribution >= 0.6 is 0 Å². The molecule has 0 saturated carbocycles. The Labute approximate surface area is 98.3 Å². The van der Waals surface area contributed by atoms with Crippen molar-refractivity contribution in [3.63, 3.8) is 0 Å². The van der Waals surface area contributed by atoms with Crippen LogP contribution in [0.1, 0.15) is 32.5 Å². The van der Waals surface area contributed by atoms with Crippen molar-refractivity contribution in [2.45, 2.75) is 39.7 Å². The molecule has 1 aromatic heterocycles. The molecule has 1 aliphatic heterocycles. The van der Waals surface area contributed by atoms with E-state index in [-0.39, 0.29) is 0 Å². The minimum absolute atomic E-state index is 0.695. The van der Waals surface area contributed by atoms with E-state index in [1.165, 1.54) is 31.8 Å². The van der Waals surface area contributed by atoms with Crippen molar-refractivity contribution in [2.75, 3.05) is 13.1 Å². The van der Waals surface area contributed by atoms with Crippen LogP contribution in [0.3, 0.4) is 0 Å². The largest absolute Gasteiger partial charge is 0.335 e. The Hall–Kier alpha value is -0.830. The molecule has 1 saturated heterocycles. The van der Waals surface area contributed by atoms with Crippen LogP contribution < -0.4 is 5.32 Å². The average molecular weight is 221 g/mol. The molecule has 3 nitrogen and oxygen atoms in total. The minimum Gasteiger partial charge on any atom is -0.335 e. The van der Waals surface area contributed by atoms with Gasteiger partial charge in [0.1, 0.15) is 5.82 Å². The number of hydrogen-bond donors (Lipinski definition) is 1. The maximum atomic E-state index is 4.51. The fourth-order valence-electron chi connectivity index (χ4n) is 2.43. The van der Waals surface area contributed by atoms with Gasteiger partial charge in [0, 0.05) is 25.4 Å². The first-order valence-electron chi connectivity index (χ1n) is 6.46. The van der Waals surface area contributed by atoms with Crippen molar-refractivity contribution < 1.29 is 0 Å². The van der Waals surface area contributed by atoms with Crippen LogP contribution in [-0.2, 0) is 13.0 Å². The number of nitrogens with one attached hydrogen (secondary N) is 1. The molecule has 0 amide bonds. The third kappa shape index (κ3) is 3.08. The van der Waals surface area contributed by atoms with Gasteiger partial charge in [-0.05, 0) is 37.8 Å². The Morgan fingerprint density at radius 1 is 1.44 bits per heavy atom.